The fraction of sp³-hybridized carbons (Fsp3) is 0.421. The highest BCUT2D eigenvalue weighted by Gasteiger charge is 2.46. The summed E-state index contributed by atoms with van der Waals surface area (Å²) in [5.41, 5.74) is 2.90. The molecule has 3 rings (SSSR count). The molecule has 3 unspecified atom stereocenters. The van der Waals surface area contributed by atoms with Crippen LogP contribution < -0.4 is 0 Å². The molecule has 120 valence electrons. The summed E-state index contributed by atoms with van der Waals surface area (Å²) in [5.74, 6) is 0.0294. The molecule has 0 aromatic heterocycles. The number of carbonyl (C=O) groups excluding carboxylic acids is 1. The van der Waals surface area contributed by atoms with Crippen molar-refractivity contribution in [3.63, 3.8) is 0 Å². The van der Waals surface area contributed by atoms with Crippen LogP contribution in [0.25, 0.3) is 0 Å². The maximum atomic E-state index is 13.0. The maximum absolute atomic E-state index is 13.0. The Morgan fingerprint density at radius 2 is 2.13 bits per heavy atom. The second kappa shape index (κ2) is 6.19. The van der Waals surface area contributed by atoms with Crippen LogP contribution in [0.1, 0.15) is 32.6 Å². The summed E-state index contributed by atoms with van der Waals surface area (Å²) >= 11 is 0. The Morgan fingerprint density at radius 1 is 1.39 bits per heavy atom. The number of benzene rings is 1. The molecule has 0 saturated heterocycles. The first-order valence-corrected chi connectivity index (χ1v) is 8.06. The van der Waals surface area contributed by atoms with Gasteiger partial charge in [-0.1, -0.05) is 12.5 Å². The van der Waals surface area contributed by atoms with E-state index < -0.39 is 0 Å². The molecule has 23 heavy (non-hydrogen) atoms. The molecule has 0 aliphatic heterocycles. The number of carbonyl (C=O) groups is 1. The molecule has 2 aliphatic carbocycles. The van der Waals surface area contributed by atoms with Crippen LogP contribution in [0.5, 0.6) is 0 Å². The van der Waals surface area contributed by atoms with Crippen molar-refractivity contribution in [1.29, 1.82) is 5.41 Å². The lowest BCUT2D eigenvalue weighted by Gasteiger charge is -2.38. The zero-order valence-corrected chi connectivity index (χ0v) is 13.3. The second-order valence-corrected chi connectivity index (χ2v) is 6.72. The lowest BCUT2D eigenvalue weighted by molar-refractivity contribution is -0.109. The van der Waals surface area contributed by atoms with Crippen LogP contribution in [0.4, 0.5) is 10.1 Å². The van der Waals surface area contributed by atoms with Crippen molar-refractivity contribution in [3.8, 4) is 0 Å². The molecule has 0 radical (unpaired) electrons. The van der Waals surface area contributed by atoms with Crippen molar-refractivity contribution in [1.82, 2.24) is 0 Å². The van der Waals surface area contributed by atoms with Crippen LogP contribution in [0.3, 0.4) is 0 Å². The Balaban J connectivity index is 1.96. The number of hydrogen-bond acceptors (Lipinski definition) is 3. The van der Waals surface area contributed by atoms with Crippen LogP contribution in [0, 0.1) is 28.5 Å². The summed E-state index contributed by atoms with van der Waals surface area (Å²) in [7, 11) is 0. The Kier molecular flexibility index (Phi) is 4.24. The van der Waals surface area contributed by atoms with Gasteiger partial charge in [-0.15, -0.1) is 0 Å². The smallest absolute Gasteiger partial charge is 0.123 e. The van der Waals surface area contributed by atoms with Gasteiger partial charge in [0.05, 0.1) is 5.69 Å². The molecule has 0 heterocycles. The third-order valence-corrected chi connectivity index (χ3v) is 5.41. The molecule has 1 aromatic carbocycles. The largest absolute Gasteiger partial charge is 0.312 e. The fourth-order valence-electron chi connectivity index (χ4n) is 4.00. The van der Waals surface area contributed by atoms with Gasteiger partial charge in [-0.2, -0.15) is 0 Å². The van der Waals surface area contributed by atoms with Gasteiger partial charge in [0, 0.05) is 24.3 Å². The van der Waals surface area contributed by atoms with Crippen molar-refractivity contribution in [2.24, 2.45) is 22.2 Å². The van der Waals surface area contributed by atoms with Gasteiger partial charge >= 0.3 is 0 Å². The number of aliphatic imine (C=N–C) groups is 1. The van der Waals surface area contributed by atoms with Gasteiger partial charge < -0.3 is 10.2 Å². The van der Waals surface area contributed by atoms with Crippen LogP contribution >= 0.6 is 0 Å². The zero-order valence-electron chi connectivity index (χ0n) is 13.3. The first-order chi connectivity index (χ1) is 11.1. The third kappa shape index (κ3) is 2.90. The number of halogens is 1. The summed E-state index contributed by atoms with van der Waals surface area (Å²) < 4.78 is 13.0. The second-order valence-electron chi connectivity index (χ2n) is 6.72. The SMILES string of the molecule is CC12CC(C=N)C(=Nc3ccc(F)cc3)C=C1CCC2CC=O. The van der Waals surface area contributed by atoms with E-state index in [0.717, 1.165) is 31.3 Å². The highest BCUT2D eigenvalue weighted by atomic mass is 19.1. The van der Waals surface area contributed by atoms with E-state index >= 15 is 0 Å². The predicted octanol–water partition coefficient (Wildman–Crippen LogP) is 4.50. The normalized spacial score (nSPS) is 31.6. The summed E-state index contributed by atoms with van der Waals surface area (Å²) in [5, 5.41) is 7.77. The molecule has 1 aromatic rings. The standard InChI is InChI=1S/C19H21FN2O/c1-19-11-13(12-21)18(22-17-6-4-16(20)5-7-17)10-15(19)3-2-14(19)8-9-23/h4-7,9-10,12-14,21H,2-3,8,11H2,1H3. The van der Waals surface area contributed by atoms with Crippen molar-refractivity contribution < 1.29 is 9.18 Å². The molecule has 0 bridgehead atoms. The molecule has 3 atom stereocenters. The zero-order chi connectivity index (χ0) is 16.4. The first kappa shape index (κ1) is 15.8. The van der Waals surface area contributed by atoms with Crippen molar-refractivity contribution in [2.75, 3.05) is 0 Å². The monoisotopic (exact) mass is 312 g/mol. The molecule has 0 spiro atoms. The summed E-state index contributed by atoms with van der Waals surface area (Å²) in [6.45, 7) is 2.21. The number of fused-ring (bicyclic) bond motifs is 1. The maximum Gasteiger partial charge on any atom is 0.123 e. The topological polar surface area (TPSA) is 53.3 Å². The van der Waals surface area contributed by atoms with Crippen molar-refractivity contribution >= 4 is 23.9 Å². The van der Waals surface area contributed by atoms with E-state index in [1.807, 2.05) is 0 Å². The Hall–Kier alpha value is -2.10. The van der Waals surface area contributed by atoms with Gasteiger partial charge in [0.25, 0.3) is 0 Å². The Bertz CT molecular complexity index is 677. The number of hydrogen-bond donors (Lipinski definition) is 1. The molecule has 0 amide bonds. The lowest BCUT2D eigenvalue weighted by Crippen LogP contribution is -2.34. The summed E-state index contributed by atoms with van der Waals surface area (Å²) in [6, 6.07) is 6.10. The van der Waals surface area contributed by atoms with Crippen LogP contribution in [-0.2, 0) is 4.79 Å². The van der Waals surface area contributed by atoms with E-state index in [4.69, 9.17) is 5.41 Å². The summed E-state index contributed by atoms with van der Waals surface area (Å²) in [6.07, 6.45) is 7.98. The number of allylic oxidation sites excluding steroid dienone is 2. The highest BCUT2D eigenvalue weighted by molar-refractivity contribution is 6.07. The molecule has 4 heteroatoms. The number of aldehydes is 1. The number of nitrogens with one attached hydrogen (secondary N) is 1. The first-order valence-electron chi connectivity index (χ1n) is 8.06. The van der Waals surface area contributed by atoms with E-state index in [2.05, 4.69) is 18.0 Å². The van der Waals surface area contributed by atoms with E-state index in [1.165, 1.54) is 23.9 Å². The molecule has 1 saturated carbocycles. The lowest BCUT2D eigenvalue weighted by atomic mass is 9.66. The quantitative estimate of drug-likeness (QED) is 0.646. The van der Waals surface area contributed by atoms with Gasteiger partial charge in [0.1, 0.15) is 12.1 Å². The minimum absolute atomic E-state index is 0.00899. The van der Waals surface area contributed by atoms with Gasteiger partial charge in [-0.3, -0.25) is 4.99 Å². The van der Waals surface area contributed by atoms with Gasteiger partial charge in [0.2, 0.25) is 0 Å². The minimum Gasteiger partial charge on any atom is -0.312 e. The average Bonchev–Trinajstić information content (AvgIpc) is 2.85. The van der Waals surface area contributed by atoms with Gasteiger partial charge in [-0.05, 0) is 60.9 Å². The molecule has 3 nitrogen and oxygen atoms in total. The van der Waals surface area contributed by atoms with Crippen LogP contribution in [-0.4, -0.2) is 18.2 Å². The van der Waals surface area contributed by atoms with E-state index in [0.29, 0.717) is 18.0 Å². The fourth-order valence-corrected chi connectivity index (χ4v) is 4.00. The number of rotatable bonds is 4. The van der Waals surface area contributed by atoms with Gasteiger partial charge in [-0.25, -0.2) is 4.39 Å². The average molecular weight is 312 g/mol. The van der Waals surface area contributed by atoms with E-state index in [9.17, 15) is 9.18 Å². The van der Waals surface area contributed by atoms with Crippen molar-refractivity contribution in [3.05, 3.63) is 41.7 Å². The summed E-state index contributed by atoms with van der Waals surface area (Å²) in [4.78, 5) is 15.6. The minimum atomic E-state index is -0.278. The number of nitrogens with zero attached hydrogens (tertiary/aromatic N) is 1. The van der Waals surface area contributed by atoms with Crippen molar-refractivity contribution in [2.45, 2.75) is 32.6 Å². The van der Waals surface area contributed by atoms with E-state index in [-0.39, 0.29) is 17.2 Å². The molecular formula is C19H21FN2O. The van der Waals surface area contributed by atoms with Crippen LogP contribution in [0.15, 0.2) is 40.9 Å². The molecule has 2 aliphatic rings. The Morgan fingerprint density at radius 3 is 2.78 bits per heavy atom. The van der Waals surface area contributed by atoms with E-state index in [1.54, 1.807) is 12.1 Å². The Labute approximate surface area is 135 Å². The van der Waals surface area contributed by atoms with Gasteiger partial charge in [0.15, 0.2) is 0 Å². The highest BCUT2D eigenvalue weighted by Crippen LogP contribution is 2.54. The molecule has 1 fully saturated rings. The molecule has 1 N–H and O–H groups in total. The molecular weight excluding hydrogens is 291 g/mol. The third-order valence-electron chi connectivity index (χ3n) is 5.41. The predicted molar refractivity (Wildman–Crippen MR) is 90.0 cm³/mol. The van der Waals surface area contributed by atoms with Crippen LogP contribution in [0.2, 0.25) is 0 Å².